The molecular weight excluding hydrogens is 520 g/mol. The number of ether oxygens (including phenoxy) is 1. The van der Waals surface area contributed by atoms with Crippen molar-refractivity contribution in [1.82, 2.24) is 0 Å². The highest BCUT2D eigenvalue weighted by molar-refractivity contribution is 7.57. The van der Waals surface area contributed by atoms with Crippen molar-refractivity contribution < 1.29 is 31.5 Å². The lowest BCUT2D eigenvalue weighted by molar-refractivity contribution is -0.0883. The molecule has 2 aromatic carbocycles. The Morgan fingerprint density at radius 3 is 2.50 bits per heavy atom. The van der Waals surface area contributed by atoms with Crippen molar-refractivity contribution in [3.8, 4) is 0 Å². The Balaban J connectivity index is 0.000000272. The van der Waals surface area contributed by atoms with Gasteiger partial charge < -0.3 is 4.74 Å². The van der Waals surface area contributed by atoms with Gasteiger partial charge in [-0.25, -0.2) is 13.6 Å². The zero-order valence-electron chi connectivity index (χ0n) is 21.6. The predicted octanol–water partition coefficient (Wildman–Crippen LogP) is 8.93. The van der Waals surface area contributed by atoms with Gasteiger partial charge in [-0.05, 0) is 92.7 Å². The van der Waals surface area contributed by atoms with Gasteiger partial charge in [-0.15, -0.1) is 0 Å². The molecule has 0 bridgehead atoms. The van der Waals surface area contributed by atoms with Crippen molar-refractivity contribution in [3.63, 3.8) is 0 Å². The van der Waals surface area contributed by atoms with Gasteiger partial charge in [-0.2, -0.15) is 13.2 Å². The van der Waals surface area contributed by atoms with Crippen molar-refractivity contribution >= 4 is 25.6 Å². The fraction of sp³-hybridized carbons (Fsp3) is 0.310. The molecule has 9 heteroatoms. The van der Waals surface area contributed by atoms with Crippen molar-refractivity contribution in [2.75, 3.05) is 6.61 Å². The van der Waals surface area contributed by atoms with Gasteiger partial charge >= 0.3 is 12.1 Å². The van der Waals surface area contributed by atoms with E-state index in [9.17, 15) is 26.7 Å². The average Bonchev–Trinajstić information content (AvgIpc) is 3.39. The summed E-state index contributed by atoms with van der Waals surface area (Å²) >= 11 is 0. The van der Waals surface area contributed by atoms with Crippen molar-refractivity contribution in [3.05, 3.63) is 101 Å². The van der Waals surface area contributed by atoms with Crippen LogP contribution in [0.2, 0.25) is 0 Å². The van der Waals surface area contributed by atoms with Gasteiger partial charge in [0, 0.05) is 11.7 Å². The summed E-state index contributed by atoms with van der Waals surface area (Å²) in [7, 11) is 0.242. The maximum absolute atomic E-state index is 13.5. The van der Waals surface area contributed by atoms with Crippen molar-refractivity contribution in [1.29, 1.82) is 0 Å². The molecule has 0 spiro atoms. The molecule has 1 unspecified atom stereocenters. The Kier molecular flexibility index (Phi) is 12.0. The molecule has 38 heavy (non-hydrogen) atoms. The van der Waals surface area contributed by atoms with Gasteiger partial charge in [0.25, 0.3) is 0 Å². The minimum Gasteiger partial charge on any atom is -0.462 e. The van der Waals surface area contributed by atoms with Crippen LogP contribution < -0.4 is 0 Å². The van der Waals surface area contributed by atoms with Crippen molar-refractivity contribution in [2.24, 2.45) is 4.99 Å². The van der Waals surface area contributed by atoms with Crippen LogP contribution in [-0.2, 0) is 10.9 Å². The molecule has 2 aromatic rings. The highest BCUT2D eigenvalue weighted by atomic mass is 31.1. The highest BCUT2D eigenvalue weighted by Gasteiger charge is 2.31. The third-order valence-electron chi connectivity index (χ3n) is 5.66. The minimum atomic E-state index is -4.44. The van der Waals surface area contributed by atoms with E-state index in [2.05, 4.69) is 17.6 Å². The van der Waals surface area contributed by atoms with E-state index in [4.69, 9.17) is 4.74 Å². The first-order valence-electron chi connectivity index (χ1n) is 12.0. The fourth-order valence-electron chi connectivity index (χ4n) is 3.56. The molecule has 0 fully saturated rings. The second-order valence-corrected chi connectivity index (χ2v) is 9.89. The fourth-order valence-corrected chi connectivity index (χ4v) is 4.56. The van der Waals surface area contributed by atoms with Crippen LogP contribution >= 0.6 is 8.58 Å². The third-order valence-corrected chi connectivity index (χ3v) is 6.86. The van der Waals surface area contributed by atoms with Gasteiger partial charge in [-0.1, -0.05) is 39.4 Å². The predicted molar refractivity (Wildman–Crippen MR) is 145 cm³/mol. The molecule has 0 saturated carbocycles. The normalized spacial score (nSPS) is 14.3. The van der Waals surface area contributed by atoms with Crippen LogP contribution in [0.3, 0.4) is 0 Å². The smallest absolute Gasteiger partial charge is 0.417 e. The topological polar surface area (TPSA) is 38.7 Å². The number of aliphatic imine (C=N–C) groups is 1. The summed E-state index contributed by atoms with van der Waals surface area (Å²) in [6, 6.07) is 9.14. The van der Waals surface area contributed by atoms with Crippen LogP contribution in [0.25, 0.3) is 5.57 Å². The van der Waals surface area contributed by atoms with E-state index in [-0.39, 0.29) is 26.6 Å². The molecule has 3 rings (SSSR count). The number of carbonyl (C=O) groups excluding carboxylic acids is 1. The maximum Gasteiger partial charge on any atom is 0.417 e. The first-order chi connectivity index (χ1) is 18.0. The van der Waals surface area contributed by atoms with Gasteiger partial charge in [0.15, 0.2) is 0 Å². The Bertz CT molecular complexity index is 1230. The monoisotopic (exact) mass is 551 g/mol. The molecule has 0 aromatic heterocycles. The molecule has 0 saturated heterocycles. The maximum atomic E-state index is 13.5. The molecule has 0 heterocycles. The van der Waals surface area contributed by atoms with Crippen LogP contribution in [0.4, 0.5) is 22.0 Å². The van der Waals surface area contributed by atoms with E-state index in [1.165, 1.54) is 23.8 Å². The molecule has 0 amide bonds. The van der Waals surface area contributed by atoms with Gasteiger partial charge in [0.1, 0.15) is 11.6 Å². The van der Waals surface area contributed by atoms with E-state index >= 15 is 0 Å². The van der Waals surface area contributed by atoms with E-state index in [0.717, 1.165) is 48.2 Å². The lowest BCUT2D eigenvalue weighted by Crippen LogP contribution is -2.09. The number of nitrogens with zero attached hydrogens (tertiary/aromatic N) is 1. The van der Waals surface area contributed by atoms with Gasteiger partial charge in [0.05, 0.1) is 17.7 Å². The Morgan fingerprint density at radius 1 is 1.18 bits per heavy atom. The number of halogens is 5. The number of benzene rings is 2. The van der Waals surface area contributed by atoms with E-state index < -0.39 is 23.5 Å². The summed E-state index contributed by atoms with van der Waals surface area (Å²) in [5, 5.41) is 0. The number of rotatable bonds is 8. The summed E-state index contributed by atoms with van der Waals surface area (Å²) in [5.41, 5.74) is 3.66. The van der Waals surface area contributed by atoms with Crippen LogP contribution in [0.1, 0.15) is 60.2 Å². The number of hydrogen-bond donors (Lipinski definition) is 0. The average molecular weight is 552 g/mol. The Hall–Kier alpha value is -3.12. The molecular formula is C29H31F5NO2P. The first-order valence-corrected chi connectivity index (χ1v) is 13.3. The summed E-state index contributed by atoms with van der Waals surface area (Å²) < 4.78 is 68.7. The molecule has 0 aliphatic heterocycles. The molecule has 0 N–H and O–H groups in total. The highest BCUT2D eigenvalue weighted by Crippen LogP contribution is 2.29. The molecule has 1 aliphatic carbocycles. The minimum absolute atomic E-state index is 0.0251. The van der Waals surface area contributed by atoms with Gasteiger partial charge in [0.2, 0.25) is 0 Å². The van der Waals surface area contributed by atoms with E-state index in [1.807, 2.05) is 0 Å². The van der Waals surface area contributed by atoms with E-state index in [1.54, 1.807) is 39.0 Å². The lowest BCUT2D eigenvalue weighted by Gasteiger charge is -2.07. The summed E-state index contributed by atoms with van der Waals surface area (Å²) in [4.78, 5) is 15.4. The molecule has 204 valence electrons. The van der Waals surface area contributed by atoms with Crippen LogP contribution in [-0.4, -0.2) is 24.2 Å². The van der Waals surface area contributed by atoms with Crippen LogP contribution in [0.5, 0.6) is 0 Å². The second-order valence-electron chi connectivity index (χ2n) is 8.46. The number of esters is 1. The molecule has 0 radical (unpaired) electrons. The van der Waals surface area contributed by atoms with Crippen LogP contribution in [0, 0.1) is 18.6 Å². The number of alkyl halides is 3. The largest absolute Gasteiger partial charge is 0.462 e. The van der Waals surface area contributed by atoms with E-state index in [0.29, 0.717) is 11.6 Å². The number of aryl methyl sites for hydroxylation is 1. The zero-order valence-corrected chi connectivity index (χ0v) is 22.6. The van der Waals surface area contributed by atoms with Gasteiger partial charge in [-0.3, -0.25) is 4.99 Å². The SMILES string of the molecule is C=C/C(=C\N=C(C)PCc1ccc(F)cc1C)C(F)(F)F.CCOC(=O)c1cc(C2=CCCC2)ccc1F. The molecule has 1 aliphatic rings. The third kappa shape index (κ3) is 9.64. The number of hydrogen-bond acceptors (Lipinski definition) is 3. The Labute approximate surface area is 222 Å². The summed E-state index contributed by atoms with van der Waals surface area (Å²) in [6.07, 6.45) is 3.03. The van der Waals surface area contributed by atoms with Crippen LogP contribution in [0.15, 0.2) is 71.9 Å². The lowest BCUT2D eigenvalue weighted by atomic mass is 10.0. The quantitative estimate of drug-likeness (QED) is 0.108. The summed E-state index contributed by atoms with van der Waals surface area (Å²) in [6.45, 7) is 8.56. The zero-order chi connectivity index (χ0) is 28.3. The second kappa shape index (κ2) is 14.7. The Morgan fingerprint density at radius 2 is 1.92 bits per heavy atom. The molecule has 1 atom stereocenters. The number of carbonyl (C=O) groups is 1. The number of allylic oxidation sites excluding steroid dienone is 4. The van der Waals surface area contributed by atoms with Crippen molar-refractivity contribution in [2.45, 2.75) is 52.4 Å². The molecule has 3 nitrogen and oxygen atoms in total. The summed E-state index contributed by atoms with van der Waals surface area (Å²) in [5.74, 6) is -1.41. The first kappa shape index (κ1) is 31.1. The standard InChI is InChI=1S/C15H16F4NP.C14H15FO2/c1-4-13(15(17,18)19)8-20-11(3)21-9-12-5-6-14(16)7-10(12)2;1-2-17-14(16)12-9-11(7-8-13(12)15)10-5-3-4-6-10/h4-8,21H,1,9H2,2-3H3;5,7-9H,2-4,6H2,1H3/b13-8+,20-11?;.